The van der Waals surface area contributed by atoms with E-state index >= 15 is 0 Å². The number of hydrogen-bond donors (Lipinski definition) is 3. The number of nitrogens with zero attached hydrogens (tertiary/aromatic N) is 4. The Balaban J connectivity index is 1.46. The first kappa shape index (κ1) is 22.5. The average Bonchev–Trinajstić information content (AvgIpc) is 3.30. The van der Waals surface area contributed by atoms with E-state index in [0.29, 0.717) is 28.8 Å². The number of aliphatic carboxylic acids is 1. The Labute approximate surface area is 204 Å². The SMILES string of the molecule is Nc1c(Br)c([C@H]2CC[C@H](C(O)C(=O)O)CC2)nc2c(-c3ccc(-c4ccccc4)nc3)cnn12. The van der Waals surface area contributed by atoms with Crippen LogP contribution in [0, 0.1) is 5.92 Å². The Morgan fingerprint density at radius 2 is 1.79 bits per heavy atom. The summed E-state index contributed by atoms with van der Waals surface area (Å²) in [7, 11) is 0. The highest BCUT2D eigenvalue weighted by Crippen LogP contribution is 2.41. The van der Waals surface area contributed by atoms with E-state index in [2.05, 4.69) is 26.0 Å². The van der Waals surface area contributed by atoms with Crippen LogP contribution in [0.1, 0.15) is 37.3 Å². The number of hydrogen-bond acceptors (Lipinski definition) is 6. The van der Waals surface area contributed by atoms with Gasteiger partial charge in [-0.1, -0.05) is 36.4 Å². The smallest absolute Gasteiger partial charge is 0.332 e. The lowest BCUT2D eigenvalue weighted by Gasteiger charge is -2.30. The molecule has 34 heavy (non-hydrogen) atoms. The minimum absolute atomic E-state index is 0.111. The van der Waals surface area contributed by atoms with Gasteiger partial charge in [0, 0.05) is 28.8 Å². The zero-order valence-electron chi connectivity index (χ0n) is 18.3. The van der Waals surface area contributed by atoms with Gasteiger partial charge in [-0.05, 0) is 53.6 Å². The van der Waals surface area contributed by atoms with Crippen LogP contribution in [0.2, 0.25) is 0 Å². The molecule has 1 fully saturated rings. The van der Waals surface area contributed by atoms with E-state index in [1.165, 1.54) is 0 Å². The molecule has 1 unspecified atom stereocenters. The summed E-state index contributed by atoms with van der Waals surface area (Å²) in [6, 6.07) is 14.0. The van der Waals surface area contributed by atoms with Crippen LogP contribution in [0.25, 0.3) is 28.0 Å². The third-order valence-corrected chi connectivity index (χ3v) is 7.46. The molecule has 0 saturated heterocycles. The normalized spacial score (nSPS) is 19.2. The first-order valence-electron chi connectivity index (χ1n) is 11.2. The molecule has 0 bridgehead atoms. The topological polar surface area (TPSA) is 127 Å². The second-order valence-corrected chi connectivity index (χ2v) is 9.48. The summed E-state index contributed by atoms with van der Waals surface area (Å²) < 4.78 is 2.32. The number of halogens is 1. The molecule has 1 aliphatic carbocycles. The van der Waals surface area contributed by atoms with Crippen molar-refractivity contribution < 1.29 is 15.0 Å². The number of carboxylic acids is 1. The molecule has 0 amide bonds. The summed E-state index contributed by atoms with van der Waals surface area (Å²) in [6.45, 7) is 0. The fourth-order valence-corrected chi connectivity index (χ4v) is 5.31. The van der Waals surface area contributed by atoms with Crippen LogP contribution in [0.3, 0.4) is 0 Å². The van der Waals surface area contributed by atoms with Crippen molar-refractivity contribution in [1.82, 2.24) is 19.6 Å². The zero-order valence-corrected chi connectivity index (χ0v) is 19.9. The summed E-state index contributed by atoms with van der Waals surface area (Å²) in [5.41, 5.74) is 11.6. The highest BCUT2D eigenvalue weighted by Gasteiger charge is 2.33. The predicted octanol–water partition coefficient (Wildman–Crippen LogP) is 4.52. The fraction of sp³-hybridized carbons (Fsp3) is 0.280. The molecule has 0 aliphatic heterocycles. The second-order valence-electron chi connectivity index (χ2n) is 8.68. The first-order chi connectivity index (χ1) is 16.4. The fourth-order valence-electron chi connectivity index (χ4n) is 4.73. The summed E-state index contributed by atoms with van der Waals surface area (Å²) in [5.74, 6) is -0.828. The maximum absolute atomic E-state index is 11.1. The van der Waals surface area contributed by atoms with Gasteiger partial charge in [-0.2, -0.15) is 9.61 Å². The first-order valence-corrected chi connectivity index (χ1v) is 12.0. The maximum atomic E-state index is 11.1. The molecule has 4 N–H and O–H groups in total. The van der Waals surface area contributed by atoms with E-state index < -0.39 is 12.1 Å². The molecule has 4 aromatic rings. The number of nitrogen functional groups attached to an aromatic ring is 1. The summed E-state index contributed by atoms with van der Waals surface area (Å²) in [4.78, 5) is 20.7. The number of nitrogens with two attached hydrogens (primary N) is 1. The Bertz CT molecular complexity index is 1330. The monoisotopic (exact) mass is 521 g/mol. The lowest BCUT2D eigenvalue weighted by molar-refractivity contribution is -0.150. The third kappa shape index (κ3) is 4.05. The molecule has 1 atom stereocenters. The number of anilines is 1. The quantitative estimate of drug-likeness (QED) is 0.352. The molecule has 0 radical (unpaired) electrons. The maximum Gasteiger partial charge on any atom is 0.332 e. The van der Waals surface area contributed by atoms with Crippen molar-refractivity contribution >= 4 is 33.4 Å². The average molecular weight is 522 g/mol. The van der Waals surface area contributed by atoms with Crippen LogP contribution in [-0.2, 0) is 4.79 Å². The van der Waals surface area contributed by atoms with E-state index in [1.54, 1.807) is 10.7 Å². The van der Waals surface area contributed by atoms with Crippen LogP contribution in [-0.4, -0.2) is 41.9 Å². The number of aliphatic hydroxyl groups excluding tert-OH is 1. The van der Waals surface area contributed by atoms with Gasteiger partial charge >= 0.3 is 5.97 Å². The molecule has 0 spiro atoms. The van der Waals surface area contributed by atoms with Gasteiger partial charge in [0.05, 0.1) is 22.1 Å². The number of aromatic nitrogens is 4. The van der Waals surface area contributed by atoms with Crippen LogP contribution < -0.4 is 5.73 Å². The molecular weight excluding hydrogens is 498 g/mol. The number of benzene rings is 1. The Morgan fingerprint density at radius 3 is 2.44 bits per heavy atom. The number of aliphatic hydroxyl groups is 1. The highest BCUT2D eigenvalue weighted by atomic mass is 79.9. The minimum atomic E-state index is -1.32. The number of pyridine rings is 1. The van der Waals surface area contributed by atoms with Crippen molar-refractivity contribution in [1.29, 1.82) is 0 Å². The molecule has 1 saturated carbocycles. The molecule has 5 rings (SSSR count). The lowest BCUT2D eigenvalue weighted by atomic mass is 9.78. The summed E-state index contributed by atoms with van der Waals surface area (Å²) in [6.07, 6.45) is 4.94. The number of rotatable bonds is 5. The molecule has 9 heteroatoms. The Morgan fingerprint density at radius 1 is 1.06 bits per heavy atom. The molecule has 1 aromatic carbocycles. The van der Waals surface area contributed by atoms with Gasteiger partial charge in [0.1, 0.15) is 5.82 Å². The van der Waals surface area contributed by atoms with E-state index in [4.69, 9.17) is 15.8 Å². The molecule has 1 aliphatic rings. The number of carboxylic acid groups (broad SMARTS) is 1. The second kappa shape index (κ2) is 9.15. The van der Waals surface area contributed by atoms with Gasteiger partial charge in [-0.25, -0.2) is 9.78 Å². The summed E-state index contributed by atoms with van der Waals surface area (Å²) >= 11 is 3.60. The van der Waals surface area contributed by atoms with E-state index in [-0.39, 0.29) is 11.8 Å². The van der Waals surface area contributed by atoms with Crippen molar-refractivity contribution in [3.63, 3.8) is 0 Å². The molecule has 174 valence electrons. The Hall–Kier alpha value is -3.30. The lowest BCUT2D eigenvalue weighted by Crippen LogP contribution is -2.32. The van der Waals surface area contributed by atoms with E-state index in [0.717, 1.165) is 40.9 Å². The molecule has 3 heterocycles. The molecule has 8 nitrogen and oxygen atoms in total. The van der Waals surface area contributed by atoms with Gasteiger partial charge in [0.2, 0.25) is 0 Å². The van der Waals surface area contributed by atoms with Gasteiger partial charge in [0.15, 0.2) is 11.8 Å². The largest absolute Gasteiger partial charge is 0.479 e. The van der Waals surface area contributed by atoms with Crippen molar-refractivity contribution in [3.8, 4) is 22.4 Å². The van der Waals surface area contributed by atoms with Crippen LogP contribution in [0.5, 0.6) is 0 Å². The molecular formula is C25H24BrN5O3. The van der Waals surface area contributed by atoms with Crippen LogP contribution in [0.4, 0.5) is 5.82 Å². The van der Waals surface area contributed by atoms with Gasteiger partial charge < -0.3 is 15.9 Å². The zero-order chi connectivity index (χ0) is 23.8. The van der Waals surface area contributed by atoms with E-state index in [1.807, 2.05) is 48.7 Å². The van der Waals surface area contributed by atoms with Crippen molar-refractivity contribution in [2.45, 2.75) is 37.7 Å². The van der Waals surface area contributed by atoms with Gasteiger partial charge in [-0.15, -0.1) is 0 Å². The Kier molecular flexibility index (Phi) is 6.05. The van der Waals surface area contributed by atoms with Gasteiger partial charge in [0.25, 0.3) is 0 Å². The van der Waals surface area contributed by atoms with Gasteiger partial charge in [-0.3, -0.25) is 4.98 Å². The third-order valence-electron chi connectivity index (χ3n) is 6.65. The number of carbonyl (C=O) groups is 1. The van der Waals surface area contributed by atoms with E-state index in [9.17, 15) is 9.90 Å². The van der Waals surface area contributed by atoms with Crippen LogP contribution >= 0.6 is 15.9 Å². The number of fused-ring (bicyclic) bond motifs is 1. The predicted molar refractivity (Wildman–Crippen MR) is 132 cm³/mol. The standard InChI is InChI=1S/C25H24BrN5O3/c26-20-21(15-6-8-16(9-7-15)22(32)25(33)34)30-24-18(13-29-31(24)23(20)27)17-10-11-19(28-12-17)14-4-2-1-3-5-14/h1-5,10-13,15-16,22,32H,6-9,27H2,(H,33,34)/t15-,16-,22?. The van der Waals surface area contributed by atoms with Crippen molar-refractivity contribution in [2.75, 3.05) is 5.73 Å². The summed E-state index contributed by atoms with van der Waals surface area (Å²) in [5, 5.41) is 23.5. The molecule has 3 aromatic heterocycles. The van der Waals surface area contributed by atoms with Crippen molar-refractivity contribution in [2.24, 2.45) is 5.92 Å². The minimum Gasteiger partial charge on any atom is -0.479 e. The van der Waals surface area contributed by atoms with Crippen molar-refractivity contribution in [3.05, 3.63) is 65.0 Å². The highest BCUT2D eigenvalue weighted by molar-refractivity contribution is 9.10. The van der Waals surface area contributed by atoms with Crippen LogP contribution in [0.15, 0.2) is 59.3 Å².